The number of carbonyl (C=O) groups is 1. The number of nitrogens with one attached hydrogen (secondary N) is 1. The van der Waals surface area contributed by atoms with Crippen molar-refractivity contribution in [1.29, 1.82) is 0 Å². The highest BCUT2D eigenvalue weighted by Gasteiger charge is 2.14. The molecule has 0 bridgehead atoms. The largest absolute Gasteiger partial charge is 0.367 e. The molecule has 3 unspecified atom stereocenters. The summed E-state index contributed by atoms with van der Waals surface area (Å²) in [4.78, 5) is 17.3. The van der Waals surface area contributed by atoms with E-state index in [9.17, 15) is 4.79 Å². The lowest BCUT2D eigenvalue weighted by molar-refractivity contribution is -0.116. The fourth-order valence-electron chi connectivity index (χ4n) is 2.01. The first-order valence-electron chi connectivity index (χ1n) is 7.46. The summed E-state index contributed by atoms with van der Waals surface area (Å²) in [6.45, 7) is 6.74. The Kier molecular flexibility index (Phi) is 11.0. The van der Waals surface area contributed by atoms with Crippen LogP contribution in [0.2, 0.25) is 0 Å². The normalized spacial score (nSPS) is 16.7. The molecule has 0 saturated carbocycles. The SMILES string of the molecule is COC(CC(C)N=CC=CCC(C)=O)NC(C)CN(C)C. The van der Waals surface area contributed by atoms with Crippen molar-refractivity contribution in [2.45, 2.75) is 51.9 Å². The molecule has 0 aromatic heterocycles. The van der Waals surface area contributed by atoms with Crippen LogP contribution >= 0.6 is 0 Å². The Morgan fingerprint density at radius 2 is 2.05 bits per heavy atom. The van der Waals surface area contributed by atoms with Gasteiger partial charge in [-0.25, -0.2) is 0 Å². The van der Waals surface area contributed by atoms with Crippen LogP contribution in [0.4, 0.5) is 0 Å². The van der Waals surface area contributed by atoms with Crippen molar-refractivity contribution in [1.82, 2.24) is 10.2 Å². The van der Waals surface area contributed by atoms with E-state index in [1.807, 2.05) is 12.2 Å². The van der Waals surface area contributed by atoms with Gasteiger partial charge in [0.2, 0.25) is 0 Å². The first-order chi connectivity index (χ1) is 9.85. The lowest BCUT2D eigenvalue weighted by Crippen LogP contribution is -2.44. The second-order valence-electron chi connectivity index (χ2n) is 5.77. The topological polar surface area (TPSA) is 53.9 Å². The number of allylic oxidation sites excluding steroid dienone is 2. The third-order valence-corrected chi connectivity index (χ3v) is 2.92. The summed E-state index contributed by atoms with van der Waals surface area (Å²) in [5.41, 5.74) is 0. The van der Waals surface area contributed by atoms with Gasteiger partial charge < -0.3 is 9.64 Å². The van der Waals surface area contributed by atoms with Crippen LogP contribution in [0.3, 0.4) is 0 Å². The minimum Gasteiger partial charge on any atom is -0.367 e. The highest BCUT2D eigenvalue weighted by molar-refractivity contribution is 5.79. The number of methoxy groups -OCH3 is 1. The second kappa shape index (κ2) is 11.6. The zero-order valence-corrected chi connectivity index (χ0v) is 14.3. The van der Waals surface area contributed by atoms with E-state index in [4.69, 9.17) is 4.74 Å². The van der Waals surface area contributed by atoms with Crippen LogP contribution in [0.1, 0.15) is 33.6 Å². The number of ketones is 1. The molecule has 0 spiro atoms. The summed E-state index contributed by atoms with van der Waals surface area (Å²) in [6.07, 6.45) is 6.67. The number of hydrogen-bond acceptors (Lipinski definition) is 5. The standard InChI is InChI=1S/C16H31N3O2/c1-13(17-10-8-7-9-15(3)20)11-16(21-6)18-14(2)12-19(4)5/h7-8,10,13-14,16,18H,9,11-12H2,1-6H3. The van der Waals surface area contributed by atoms with Crippen molar-refractivity contribution >= 4 is 12.0 Å². The Hall–Kier alpha value is -1.04. The Morgan fingerprint density at radius 1 is 1.38 bits per heavy atom. The Bertz CT molecular complexity index is 340. The van der Waals surface area contributed by atoms with Gasteiger partial charge in [0.05, 0.1) is 6.04 Å². The summed E-state index contributed by atoms with van der Waals surface area (Å²) in [5.74, 6) is 0.159. The summed E-state index contributed by atoms with van der Waals surface area (Å²) < 4.78 is 5.47. The molecule has 0 heterocycles. The van der Waals surface area contributed by atoms with Crippen LogP contribution in [0.25, 0.3) is 0 Å². The third kappa shape index (κ3) is 12.4. The van der Waals surface area contributed by atoms with Crippen molar-refractivity contribution in [3.05, 3.63) is 12.2 Å². The highest BCUT2D eigenvalue weighted by Crippen LogP contribution is 2.04. The average Bonchev–Trinajstić information content (AvgIpc) is 2.36. The van der Waals surface area contributed by atoms with Gasteiger partial charge in [-0.3, -0.25) is 15.1 Å². The Morgan fingerprint density at radius 3 is 2.57 bits per heavy atom. The minimum atomic E-state index is -0.00620. The van der Waals surface area contributed by atoms with Crippen LogP contribution in [-0.4, -0.2) is 63.0 Å². The molecule has 0 aliphatic heterocycles. The molecule has 21 heavy (non-hydrogen) atoms. The van der Waals surface area contributed by atoms with Gasteiger partial charge in [0.1, 0.15) is 12.0 Å². The van der Waals surface area contributed by atoms with E-state index in [2.05, 4.69) is 43.2 Å². The number of rotatable bonds is 11. The zero-order chi connectivity index (χ0) is 16.3. The van der Waals surface area contributed by atoms with E-state index in [-0.39, 0.29) is 18.1 Å². The van der Waals surface area contributed by atoms with Crippen molar-refractivity contribution in [3.8, 4) is 0 Å². The van der Waals surface area contributed by atoms with E-state index in [0.29, 0.717) is 12.5 Å². The van der Waals surface area contributed by atoms with Crippen LogP contribution in [0, 0.1) is 0 Å². The van der Waals surface area contributed by atoms with E-state index in [1.54, 1.807) is 20.2 Å². The number of hydrogen-bond donors (Lipinski definition) is 1. The average molecular weight is 297 g/mol. The molecular weight excluding hydrogens is 266 g/mol. The van der Waals surface area contributed by atoms with Crippen molar-refractivity contribution < 1.29 is 9.53 Å². The molecule has 0 saturated heterocycles. The Balaban J connectivity index is 4.13. The molecule has 0 radical (unpaired) electrons. The molecule has 3 atom stereocenters. The molecule has 0 fully saturated rings. The molecule has 0 aliphatic carbocycles. The Labute approximate surface area is 129 Å². The predicted molar refractivity (Wildman–Crippen MR) is 89.0 cm³/mol. The lowest BCUT2D eigenvalue weighted by Gasteiger charge is -2.25. The summed E-state index contributed by atoms with van der Waals surface area (Å²) in [5, 5.41) is 3.44. The van der Waals surface area contributed by atoms with E-state index in [1.165, 1.54) is 0 Å². The van der Waals surface area contributed by atoms with Crippen molar-refractivity contribution in [3.63, 3.8) is 0 Å². The summed E-state index contributed by atoms with van der Waals surface area (Å²) in [6, 6.07) is 0.521. The number of nitrogens with zero attached hydrogens (tertiary/aromatic N) is 2. The van der Waals surface area contributed by atoms with Gasteiger partial charge in [-0.05, 0) is 40.9 Å². The minimum absolute atomic E-state index is 0.00620. The molecule has 0 amide bonds. The molecule has 1 N–H and O–H groups in total. The monoisotopic (exact) mass is 297 g/mol. The molecule has 0 aromatic rings. The quantitative estimate of drug-likeness (QED) is 0.467. The van der Waals surface area contributed by atoms with Gasteiger partial charge in [0, 0.05) is 38.8 Å². The third-order valence-electron chi connectivity index (χ3n) is 2.92. The summed E-state index contributed by atoms with van der Waals surface area (Å²) in [7, 11) is 5.82. The van der Waals surface area contributed by atoms with Crippen molar-refractivity contribution in [2.75, 3.05) is 27.7 Å². The maximum Gasteiger partial charge on any atom is 0.133 e. The van der Waals surface area contributed by atoms with E-state index < -0.39 is 0 Å². The van der Waals surface area contributed by atoms with Crippen LogP contribution in [0.15, 0.2) is 17.1 Å². The lowest BCUT2D eigenvalue weighted by atomic mass is 10.2. The van der Waals surface area contributed by atoms with Gasteiger partial charge in [0.15, 0.2) is 0 Å². The molecule has 5 heteroatoms. The number of ether oxygens (including phenoxy) is 1. The van der Waals surface area contributed by atoms with Gasteiger partial charge in [-0.2, -0.15) is 0 Å². The second-order valence-corrected chi connectivity index (χ2v) is 5.77. The zero-order valence-electron chi connectivity index (χ0n) is 14.3. The van der Waals surface area contributed by atoms with Crippen molar-refractivity contribution in [2.24, 2.45) is 4.99 Å². The molecule has 0 aliphatic rings. The van der Waals surface area contributed by atoms with Crippen LogP contribution < -0.4 is 5.32 Å². The van der Waals surface area contributed by atoms with Gasteiger partial charge >= 0.3 is 0 Å². The number of aliphatic imine (C=N–C) groups is 1. The smallest absolute Gasteiger partial charge is 0.133 e. The first kappa shape index (κ1) is 20.0. The number of likely N-dealkylation sites (N-methyl/N-ethyl adjacent to an activating group) is 1. The highest BCUT2D eigenvalue weighted by atomic mass is 16.5. The molecule has 0 aromatic carbocycles. The van der Waals surface area contributed by atoms with Gasteiger partial charge in [-0.1, -0.05) is 6.08 Å². The molecule has 0 rings (SSSR count). The van der Waals surface area contributed by atoms with Gasteiger partial charge in [0.25, 0.3) is 0 Å². The van der Waals surface area contributed by atoms with Gasteiger partial charge in [-0.15, -0.1) is 0 Å². The summed E-state index contributed by atoms with van der Waals surface area (Å²) >= 11 is 0. The molecule has 5 nitrogen and oxygen atoms in total. The number of carbonyl (C=O) groups excluding carboxylic acids is 1. The molecule has 122 valence electrons. The predicted octanol–water partition coefficient (Wildman–Crippen LogP) is 1.88. The number of Topliss-reactive ketones (excluding diaryl/α,β-unsaturated/α-hetero) is 1. The van der Waals surface area contributed by atoms with Crippen LogP contribution in [-0.2, 0) is 9.53 Å². The maximum absolute atomic E-state index is 10.8. The fourth-order valence-corrected chi connectivity index (χ4v) is 2.01. The molecular formula is C16H31N3O2. The maximum atomic E-state index is 10.8. The van der Waals surface area contributed by atoms with E-state index >= 15 is 0 Å². The van der Waals surface area contributed by atoms with E-state index in [0.717, 1.165) is 13.0 Å². The first-order valence-corrected chi connectivity index (χ1v) is 7.46. The van der Waals surface area contributed by atoms with Crippen LogP contribution in [0.5, 0.6) is 0 Å². The fraction of sp³-hybridized carbons (Fsp3) is 0.750.